The van der Waals surface area contributed by atoms with Gasteiger partial charge in [-0.25, -0.2) is 4.79 Å². The average molecular weight is 483 g/mol. The molecule has 0 unspecified atom stereocenters. The number of benzene rings is 1. The predicted molar refractivity (Wildman–Crippen MR) is 132 cm³/mol. The molecule has 2 N–H and O–H groups in total. The number of rotatable bonds is 6. The van der Waals surface area contributed by atoms with E-state index in [-0.39, 0.29) is 42.0 Å². The van der Waals surface area contributed by atoms with Crippen LogP contribution in [0.4, 0.5) is 5.00 Å². The second-order valence-corrected chi connectivity index (χ2v) is 10.9. The molecule has 170 valence electrons. The number of fused-ring (bicyclic) bond motifs is 1. The number of carbonyl (C=O) groups excluding carboxylic acids is 2. The van der Waals surface area contributed by atoms with Crippen molar-refractivity contribution in [3.05, 3.63) is 45.8 Å². The molecule has 1 aliphatic rings. The number of anilines is 1. The zero-order chi connectivity index (χ0) is 22.1. The van der Waals surface area contributed by atoms with Gasteiger partial charge in [-0.05, 0) is 70.6 Å². The fourth-order valence-corrected chi connectivity index (χ4v) is 6.08. The second-order valence-electron chi connectivity index (χ2n) is 8.56. The number of ether oxygens (including phenoxy) is 1. The summed E-state index contributed by atoms with van der Waals surface area (Å²) < 4.78 is 5.36. The van der Waals surface area contributed by atoms with Crippen molar-refractivity contribution < 1.29 is 14.3 Å². The molecular weight excluding hydrogens is 452 g/mol. The van der Waals surface area contributed by atoms with Crippen molar-refractivity contribution in [1.29, 1.82) is 0 Å². The van der Waals surface area contributed by atoms with Crippen LogP contribution in [0.5, 0.6) is 0 Å². The Hall–Kier alpha value is -1.54. The number of esters is 1. The first-order valence-corrected chi connectivity index (χ1v) is 12.0. The molecule has 1 aromatic carbocycles. The fourth-order valence-electron chi connectivity index (χ4n) is 4.10. The van der Waals surface area contributed by atoms with Crippen molar-refractivity contribution in [2.45, 2.75) is 63.9 Å². The zero-order valence-electron chi connectivity index (χ0n) is 18.9. The highest BCUT2D eigenvalue weighted by Crippen LogP contribution is 2.45. The average Bonchev–Trinajstić information content (AvgIpc) is 2.99. The first kappa shape index (κ1) is 25.7. The number of amides is 1. The van der Waals surface area contributed by atoms with Gasteiger partial charge in [-0.2, -0.15) is 0 Å². The number of hydrogen-bond donors (Lipinski definition) is 2. The summed E-state index contributed by atoms with van der Waals surface area (Å²) in [4.78, 5) is 28.0. The third kappa shape index (κ3) is 5.64. The monoisotopic (exact) mass is 482 g/mol. The maximum absolute atomic E-state index is 13.0. The van der Waals surface area contributed by atoms with Gasteiger partial charge in [0.25, 0.3) is 5.91 Å². The zero-order valence-corrected chi connectivity index (χ0v) is 21.3. The van der Waals surface area contributed by atoms with Crippen LogP contribution in [0.3, 0.4) is 0 Å². The first-order valence-electron chi connectivity index (χ1n) is 10.2. The quantitative estimate of drug-likeness (QED) is 0.398. The maximum atomic E-state index is 13.0. The number of hydrogen-bond acceptors (Lipinski definition) is 6. The molecule has 0 saturated carbocycles. The van der Waals surface area contributed by atoms with Crippen LogP contribution in [0.1, 0.15) is 72.7 Å². The fraction of sp³-hybridized carbons (Fsp3) is 0.478. The van der Waals surface area contributed by atoms with Crippen LogP contribution in [0, 0.1) is 0 Å². The Balaban J connectivity index is 0.00000341. The number of thiophene rings is 1. The smallest absolute Gasteiger partial charge is 0.341 e. The number of nitrogens with one attached hydrogen (secondary N) is 2. The van der Waals surface area contributed by atoms with Gasteiger partial charge in [-0.3, -0.25) is 4.79 Å². The molecule has 0 aliphatic carbocycles. The van der Waals surface area contributed by atoms with Gasteiger partial charge in [0.1, 0.15) is 5.00 Å². The van der Waals surface area contributed by atoms with Gasteiger partial charge in [-0.15, -0.1) is 35.5 Å². The molecule has 1 aliphatic heterocycles. The van der Waals surface area contributed by atoms with Crippen molar-refractivity contribution in [1.82, 2.24) is 5.32 Å². The van der Waals surface area contributed by atoms with E-state index in [0.29, 0.717) is 22.5 Å². The molecule has 0 radical (unpaired) electrons. The summed E-state index contributed by atoms with van der Waals surface area (Å²) in [5, 5.41) is 7.21. The Morgan fingerprint density at radius 1 is 1.23 bits per heavy atom. The van der Waals surface area contributed by atoms with Crippen LogP contribution in [-0.4, -0.2) is 29.8 Å². The van der Waals surface area contributed by atoms with E-state index < -0.39 is 0 Å². The summed E-state index contributed by atoms with van der Waals surface area (Å²) in [5.41, 5.74) is 1.55. The maximum Gasteiger partial charge on any atom is 0.341 e. The minimum absolute atomic E-state index is 0. The molecule has 0 saturated heterocycles. The third-order valence-electron chi connectivity index (χ3n) is 4.96. The largest absolute Gasteiger partial charge is 0.462 e. The van der Waals surface area contributed by atoms with E-state index in [2.05, 4.69) is 45.3 Å². The van der Waals surface area contributed by atoms with Gasteiger partial charge in [0, 0.05) is 26.4 Å². The van der Waals surface area contributed by atoms with Crippen LogP contribution in [0.15, 0.2) is 29.2 Å². The SMILES string of the molecule is CCOC(=O)c1c(NC(=O)c2cccc(SCC)c2)sc2c1CC(C)(C)NC2(C)C.Cl. The van der Waals surface area contributed by atoms with E-state index in [1.54, 1.807) is 24.8 Å². The standard InChI is InChI=1S/C23H30N2O3S2.ClH/c1-7-28-21(27)17-16-13-22(3,4)25-23(5,6)18(16)30-20(17)24-19(26)14-10-9-11-15(12-14)29-8-2;/h9-12,25H,7-8,13H2,1-6H3,(H,24,26);1H. The van der Waals surface area contributed by atoms with Crippen LogP contribution in [-0.2, 0) is 16.7 Å². The summed E-state index contributed by atoms with van der Waals surface area (Å²) in [5.74, 6) is 0.338. The highest BCUT2D eigenvalue weighted by Gasteiger charge is 2.42. The molecule has 5 nitrogen and oxygen atoms in total. The first-order chi connectivity index (χ1) is 14.1. The van der Waals surface area contributed by atoms with E-state index in [0.717, 1.165) is 21.1 Å². The Morgan fingerprint density at radius 2 is 1.94 bits per heavy atom. The van der Waals surface area contributed by atoms with E-state index in [9.17, 15) is 9.59 Å². The van der Waals surface area contributed by atoms with Crippen LogP contribution in [0.25, 0.3) is 0 Å². The van der Waals surface area contributed by atoms with Gasteiger partial charge in [-0.1, -0.05) is 13.0 Å². The van der Waals surface area contributed by atoms with Crippen molar-refractivity contribution >= 4 is 52.4 Å². The lowest BCUT2D eigenvalue weighted by Crippen LogP contribution is -2.55. The van der Waals surface area contributed by atoms with Crippen molar-refractivity contribution in [2.75, 3.05) is 17.7 Å². The minimum Gasteiger partial charge on any atom is -0.462 e. The van der Waals surface area contributed by atoms with Gasteiger partial charge < -0.3 is 15.4 Å². The Morgan fingerprint density at radius 3 is 2.58 bits per heavy atom. The molecule has 1 amide bonds. The Kier molecular flexibility index (Phi) is 8.25. The summed E-state index contributed by atoms with van der Waals surface area (Å²) in [7, 11) is 0. The van der Waals surface area contributed by atoms with Crippen molar-refractivity contribution in [3.63, 3.8) is 0 Å². The van der Waals surface area contributed by atoms with Gasteiger partial charge in [0.05, 0.1) is 12.2 Å². The Bertz CT molecular complexity index is 970. The molecule has 1 aromatic heterocycles. The van der Waals surface area contributed by atoms with E-state index in [1.165, 1.54) is 11.3 Å². The van der Waals surface area contributed by atoms with E-state index >= 15 is 0 Å². The van der Waals surface area contributed by atoms with Crippen molar-refractivity contribution in [2.24, 2.45) is 0 Å². The molecule has 0 bridgehead atoms. The molecule has 2 heterocycles. The lowest BCUT2D eigenvalue weighted by Gasteiger charge is -2.42. The Labute approximate surface area is 199 Å². The second kappa shape index (κ2) is 9.94. The number of halogens is 1. The lowest BCUT2D eigenvalue weighted by atomic mass is 9.81. The topological polar surface area (TPSA) is 67.4 Å². The molecule has 0 spiro atoms. The molecular formula is C23H31ClN2O3S2. The molecule has 3 rings (SSSR count). The molecule has 0 fully saturated rings. The van der Waals surface area contributed by atoms with Gasteiger partial charge >= 0.3 is 5.97 Å². The van der Waals surface area contributed by atoms with Crippen LogP contribution >= 0.6 is 35.5 Å². The lowest BCUT2D eigenvalue weighted by molar-refractivity contribution is 0.0526. The molecule has 0 atom stereocenters. The summed E-state index contributed by atoms with van der Waals surface area (Å²) >= 11 is 3.15. The summed E-state index contributed by atoms with van der Waals surface area (Å²) in [6.45, 7) is 12.6. The number of thioether (sulfide) groups is 1. The highest BCUT2D eigenvalue weighted by molar-refractivity contribution is 7.99. The normalized spacial score (nSPS) is 16.1. The third-order valence-corrected chi connectivity index (χ3v) is 7.31. The summed E-state index contributed by atoms with van der Waals surface area (Å²) in [6.07, 6.45) is 0.689. The minimum atomic E-state index is -0.380. The van der Waals surface area contributed by atoms with E-state index in [4.69, 9.17) is 4.74 Å². The predicted octanol–water partition coefficient (Wildman–Crippen LogP) is 5.87. The molecule has 8 heteroatoms. The number of carbonyl (C=O) groups is 2. The van der Waals surface area contributed by atoms with E-state index in [1.807, 2.05) is 18.2 Å². The molecule has 31 heavy (non-hydrogen) atoms. The highest BCUT2D eigenvalue weighted by atomic mass is 35.5. The van der Waals surface area contributed by atoms with Gasteiger partial charge in [0.15, 0.2) is 0 Å². The van der Waals surface area contributed by atoms with Gasteiger partial charge in [0.2, 0.25) is 0 Å². The van der Waals surface area contributed by atoms with Crippen LogP contribution in [0.2, 0.25) is 0 Å². The summed E-state index contributed by atoms with van der Waals surface area (Å²) in [6, 6.07) is 7.56. The molecule has 2 aromatic rings. The van der Waals surface area contributed by atoms with Crippen LogP contribution < -0.4 is 10.6 Å². The van der Waals surface area contributed by atoms with Crippen molar-refractivity contribution in [3.8, 4) is 0 Å².